The molecule has 0 aliphatic rings. The molecule has 2 N–H and O–H groups in total. The van der Waals surface area contributed by atoms with Gasteiger partial charge in [0.2, 0.25) is 0 Å². The van der Waals surface area contributed by atoms with Gasteiger partial charge < -0.3 is 15.4 Å². The molecule has 0 atom stereocenters. The Bertz CT molecular complexity index is 932. The molecule has 7 heteroatoms. The fourth-order valence-corrected chi connectivity index (χ4v) is 2.47. The first-order valence-electron chi connectivity index (χ1n) is 7.69. The summed E-state index contributed by atoms with van der Waals surface area (Å²) in [6, 6.07) is 14.0. The zero-order valence-corrected chi connectivity index (χ0v) is 14.5. The number of halogens is 2. The number of carbonyl (C=O) groups is 1. The lowest BCUT2D eigenvalue weighted by Gasteiger charge is -2.12. The molecule has 0 saturated carbocycles. The Kier molecular flexibility index (Phi) is 5.34. The van der Waals surface area contributed by atoms with Crippen LogP contribution in [0.25, 0.3) is 0 Å². The zero-order chi connectivity index (χ0) is 18.5. The van der Waals surface area contributed by atoms with E-state index in [2.05, 4.69) is 15.6 Å². The maximum atomic E-state index is 12.9. The molecule has 0 saturated heterocycles. The van der Waals surface area contributed by atoms with Crippen LogP contribution in [0.1, 0.15) is 10.5 Å². The fraction of sp³-hybridized carbons (Fsp3) is 0.0526. The van der Waals surface area contributed by atoms with Crippen LogP contribution in [-0.2, 0) is 0 Å². The van der Waals surface area contributed by atoms with Crippen molar-refractivity contribution in [2.45, 2.75) is 0 Å². The molecule has 0 spiro atoms. The van der Waals surface area contributed by atoms with Crippen LogP contribution in [0.2, 0.25) is 5.02 Å². The number of ether oxygens (including phenoxy) is 1. The molecule has 0 aliphatic carbocycles. The van der Waals surface area contributed by atoms with Gasteiger partial charge in [-0.1, -0.05) is 11.6 Å². The molecular formula is C19H15ClFN3O2. The van der Waals surface area contributed by atoms with Crippen LogP contribution >= 0.6 is 11.6 Å². The van der Waals surface area contributed by atoms with Gasteiger partial charge in [-0.3, -0.25) is 9.78 Å². The highest BCUT2D eigenvalue weighted by molar-refractivity contribution is 6.31. The maximum absolute atomic E-state index is 12.9. The van der Waals surface area contributed by atoms with E-state index in [1.165, 1.54) is 30.5 Å². The van der Waals surface area contributed by atoms with Crippen molar-refractivity contribution in [1.82, 2.24) is 4.98 Å². The summed E-state index contributed by atoms with van der Waals surface area (Å²) in [6.07, 6.45) is 1.51. The Morgan fingerprint density at radius 2 is 1.85 bits per heavy atom. The Morgan fingerprint density at radius 1 is 1.08 bits per heavy atom. The number of amides is 1. The summed E-state index contributed by atoms with van der Waals surface area (Å²) in [7, 11) is 1.56. The first kappa shape index (κ1) is 17.7. The molecule has 2 aromatic carbocycles. The van der Waals surface area contributed by atoms with Crippen molar-refractivity contribution in [3.63, 3.8) is 0 Å². The van der Waals surface area contributed by atoms with Crippen molar-refractivity contribution in [3.8, 4) is 5.75 Å². The summed E-state index contributed by atoms with van der Waals surface area (Å²) in [5.74, 6) is -0.162. The lowest BCUT2D eigenvalue weighted by Crippen LogP contribution is -2.13. The minimum absolute atomic E-state index is 0.209. The number of carbonyl (C=O) groups excluding carboxylic acids is 1. The third-order valence-electron chi connectivity index (χ3n) is 3.54. The minimum Gasteiger partial charge on any atom is -0.495 e. The molecule has 0 aliphatic heterocycles. The summed E-state index contributed by atoms with van der Waals surface area (Å²) in [5, 5.41) is 6.37. The first-order chi connectivity index (χ1) is 12.5. The highest BCUT2D eigenvalue weighted by Gasteiger charge is 2.10. The second kappa shape index (κ2) is 7.84. The van der Waals surface area contributed by atoms with Crippen molar-refractivity contribution < 1.29 is 13.9 Å². The van der Waals surface area contributed by atoms with Crippen LogP contribution in [-0.4, -0.2) is 18.0 Å². The van der Waals surface area contributed by atoms with E-state index in [4.69, 9.17) is 16.3 Å². The summed E-state index contributed by atoms with van der Waals surface area (Å²) >= 11 is 6.02. The zero-order valence-electron chi connectivity index (χ0n) is 13.8. The van der Waals surface area contributed by atoms with Gasteiger partial charge in [0.05, 0.1) is 12.8 Å². The molecule has 0 radical (unpaired) electrons. The number of aromatic nitrogens is 1. The second-order valence-electron chi connectivity index (χ2n) is 5.36. The molecule has 1 heterocycles. The van der Waals surface area contributed by atoms with E-state index < -0.39 is 5.91 Å². The third-order valence-corrected chi connectivity index (χ3v) is 3.77. The number of hydrogen-bond acceptors (Lipinski definition) is 4. The van der Waals surface area contributed by atoms with E-state index in [0.717, 1.165) is 0 Å². The van der Waals surface area contributed by atoms with Crippen LogP contribution in [0.15, 0.2) is 60.8 Å². The molecule has 3 rings (SSSR count). The highest BCUT2D eigenvalue weighted by Crippen LogP contribution is 2.30. The number of nitrogens with one attached hydrogen (secondary N) is 2. The quantitative estimate of drug-likeness (QED) is 0.671. The SMILES string of the molecule is COc1ccc(Cl)cc1Nc1ccnc(C(=O)Nc2ccc(F)cc2)c1. The number of hydrogen-bond donors (Lipinski definition) is 2. The van der Waals surface area contributed by atoms with Crippen molar-refractivity contribution in [1.29, 1.82) is 0 Å². The first-order valence-corrected chi connectivity index (χ1v) is 8.06. The second-order valence-corrected chi connectivity index (χ2v) is 5.80. The largest absolute Gasteiger partial charge is 0.495 e. The Labute approximate surface area is 154 Å². The number of nitrogens with zero attached hydrogens (tertiary/aromatic N) is 1. The molecule has 3 aromatic rings. The van der Waals surface area contributed by atoms with Gasteiger partial charge in [-0.05, 0) is 54.6 Å². The van der Waals surface area contributed by atoms with E-state index in [1.807, 2.05) is 0 Å². The summed E-state index contributed by atoms with van der Waals surface area (Å²) < 4.78 is 18.2. The normalized spacial score (nSPS) is 10.3. The monoisotopic (exact) mass is 371 g/mol. The van der Waals surface area contributed by atoms with E-state index in [-0.39, 0.29) is 11.5 Å². The molecular weight excluding hydrogens is 357 g/mol. The molecule has 1 amide bonds. The Hall–Kier alpha value is -3.12. The van der Waals surface area contributed by atoms with Crippen molar-refractivity contribution in [2.75, 3.05) is 17.7 Å². The van der Waals surface area contributed by atoms with E-state index in [0.29, 0.717) is 27.8 Å². The molecule has 0 fully saturated rings. The number of pyridine rings is 1. The highest BCUT2D eigenvalue weighted by atomic mass is 35.5. The molecule has 132 valence electrons. The third kappa shape index (κ3) is 4.29. The summed E-state index contributed by atoms with van der Waals surface area (Å²) in [5.41, 5.74) is 1.99. The lowest BCUT2D eigenvalue weighted by atomic mass is 10.2. The van der Waals surface area contributed by atoms with E-state index >= 15 is 0 Å². The Balaban J connectivity index is 1.79. The van der Waals surface area contributed by atoms with Gasteiger partial charge >= 0.3 is 0 Å². The van der Waals surface area contributed by atoms with Crippen LogP contribution in [0.3, 0.4) is 0 Å². The molecule has 0 unspecified atom stereocenters. The minimum atomic E-state index is -0.404. The topological polar surface area (TPSA) is 63.2 Å². The Morgan fingerprint density at radius 3 is 2.58 bits per heavy atom. The van der Waals surface area contributed by atoms with Crippen LogP contribution in [0.4, 0.5) is 21.5 Å². The number of anilines is 3. The number of rotatable bonds is 5. The molecule has 26 heavy (non-hydrogen) atoms. The molecule has 0 bridgehead atoms. The molecule has 5 nitrogen and oxygen atoms in total. The predicted molar refractivity (Wildman–Crippen MR) is 99.9 cm³/mol. The lowest BCUT2D eigenvalue weighted by molar-refractivity contribution is 0.102. The maximum Gasteiger partial charge on any atom is 0.274 e. The average Bonchev–Trinajstić information content (AvgIpc) is 2.64. The van der Waals surface area contributed by atoms with Crippen molar-refractivity contribution in [2.24, 2.45) is 0 Å². The number of benzene rings is 2. The van der Waals surface area contributed by atoms with Gasteiger partial charge in [0.25, 0.3) is 5.91 Å². The van der Waals surface area contributed by atoms with Gasteiger partial charge in [-0.2, -0.15) is 0 Å². The van der Waals surface area contributed by atoms with Crippen LogP contribution in [0.5, 0.6) is 5.75 Å². The summed E-state index contributed by atoms with van der Waals surface area (Å²) in [6.45, 7) is 0. The van der Waals surface area contributed by atoms with Gasteiger partial charge in [0, 0.05) is 22.6 Å². The van der Waals surface area contributed by atoms with E-state index in [9.17, 15) is 9.18 Å². The average molecular weight is 372 g/mol. The molecule has 1 aromatic heterocycles. The fourth-order valence-electron chi connectivity index (χ4n) is 2.29. The van der Waals surface area contributed by atoms with Crippen molar-refractivity contribution in [3.05, 3.63) is 77.3 Å². The van der Waals surface area contributed by atoms with Crippen LogP contribution in [0, 0.1) is 5.82 Å². The van der Waals surface area contributed by atoms with Gasteiger partial charge in [0.15, 0.2) is 0 Å². The predicted octanol–water partition coefficient (Wildman–Crippen LogP) is 4.88. The van der Waals surface area contributed by atoms with Gasteiger partial charge in [-0.15, -0.1) is 0 Å². The smallest absolute Gasteiger partial charge is 0.274 e. The van der Waals surface area contributed by atoms with Gasteiger partial charge in [-0.25, -0.2) is 4.39 Å². The number of methoxy groups -OCH3 is 1. The van der Waals surface area contributed by atoms with E-state index in [1.54, 1.807) is 37.4 Å². The standard InChI is InChI=1S/C19H15ClFN3O2/c1-26-18-7-2-12(20)10-16(18)23-15-8-9-22-17(11-15)19(25)24-14-5-3-13(21)4-6-14/h2-11H,1H3,(H,22,23)(H,24,25). The van der Waals surface area contributed by atoms with Crippen LogP contribution < -0.4 is 15.4 Å². The van der Waals surface area contributed by atoms with Gasteiger partial charge in [0.1, 0.15) is 17.3 Å². The summed E-state index contributed by atoms with van der Waals surface area (Å²) in [4.78, 5) is 16.4. The van der Waals surface area contributed by atoms with Crippen molar-refractivity contribution >= 4 is 34.6 Å².